The molecule has 4 aliphatic rings. The fourth-order valence-corrected chi connectivity index (χ4v) is 9.51. The first kappa shape index (κ1) is 36.0. The van der Waals surface area contributed by atoms with Gasteiger partial charge < -0.3 is 25.9 Å². The predicted octanol–water partition coefficient (Wildman–Crippen LogP) is 6.90. The molecule has 5 N–H and O–H groups in total. The topological polar surface area (TPSA) is 179 Å². The molecule has 2 aromatic carbocycles. The summed E-state index contributed by atoms with van der Waals surface area (Å²) < 4.78 is 0. The Morgan fingerprint density at radius 3 is 1.58 bits per heavy atom. The zero-order valence-corrected chi connectivity index (χ0v) is 32.8. The van der Waals surface area contributed by atoms with Gasteiger partial charge in [0.15, 0.2) is 11.6 Å². The predicted molar refractivity (Wildman–Crippen MR) is 229 cm³/mol. The molecule has 0 radical (unpaired) electrons. The van der Waals surface area contributed by atoms with E-state index in [1.807, 2.05) is 85.1 Å². The van der Waals surface area contributed by atoms with Gasteiger partial charge in [0, 0.05) is 88.5 Å². The molecule has 1 atom stereocenters. The molecule has 1 saturated carbocycles. The molecule has 1 saturated heterocycles. The standard InChI is InChI=1S/C24H21N5O.C23H20N6O/c30-23-17-12-20(28-21(17)24(14-27-23)8-3-4-9-24)19-7-10-25-22(29-19)16-11-15-5-1-2-6-18(15)26-13-16;30-22-16-10-19(28-20(16)23(13-27-22)6-8-24-12-23)18-5-7-25-21(29-18)15-9-14-3-1-2-4-17(14)26-11-15/h1-2,5-7,10-13,28H,3-4,8-9,14H2,(H,27,30);1-5,7,9-11,24,28H,6,8,12-13H2,(H,27,30). The Morgan fingerprint density at radius 2 is 1.05 bits per heavy atom. The van der Waals surface area contributed by atoms with Crippen molar-refractivity contribution < 1.29 is 9.59 Å². The van der Waals surface area contributed by atoms with Crippen LogP contribution in [0.15, 0.2) is 110 Å². The van der Waals surface area contributed by atoms with Crippen LogP contribution in [0, 0.1) is 0 Å². The van der Waals surface area contributed by atoms with E-state index >= 15 is 0 Å². The van der Waals surface area contributed by atoms with E-state index in [4.69, 9.17) is 9.97 Å². The molecule has 9 heterocycles. The van der Waals surface area contributed by atoms with Crippen LogP contribution >= 0.6 is 0 Å². The van der Waals surface area contributed by atoms with E-state index in [0.29, 0.717) is 23.8 Å². The lowest BCUT2D eigenvalue weighted by molar-refractivity contribution is 0.0917. The third kappa shape index (κ3) is 6.20. The summed E-state index contributed by atoms with van der Waals surface area (Å²) in [6.45, 7) is 3.19. The number of carbonyl (C=O) groups excluding carboxylic acids is 2. The third-order valence-electron chi connectivity index (χ3n) is 12.7. The minimum absolute atomic E-state index is 0.00182. The number of para-hydroxylation sites is 2. The molecule has 12 rings (SSSR count). The van der Waals surface area contributed by atoms with Gasteiger partial charge in [0.2, 0.25) is 0 Å². The van der Waals surface area contributed by atoms with E-state index in [0.717, 1.165) is 112 Å². The molecule has 2 amide bonds. The third-order valence-corrected chi connectivity index (χ3v) is 12.7. The Bertz CT molecular complexity index is 2770. The van der Waals surface area contributed by atoms with Crippen molar-refractivity contribution in [3.63, 3.8) is 0 Å². The van der Waals surface area contributed by atoms with Crippen molar-refractivity contribution in [3.8, 4) is 45.6 Å². The molecule has 1 unspecified atom stereocenters. The number of hydrogen-bond donors (Lipinski definition) is 5. The van der Waals surface area contributed by atoms with Crippen molar-refractivity contribution in [3.05, 3.63) is 132 Å². The summed E-state index contributed by atoms with van der Waals surface area (Å²) in [7, 11) is 0. The Morgan fingerprint density at radius 1 is 0.533 bits per heavy atom. The smallest absolute Gasteiger partial charge is 0.253 e. The Kier molecular flexibility index (Phi) is 8.59. The molecule has 60 heavy (non-hydrogen) atoms. The first-order chi connectivity index (χ1) is 29.4. The number of pyridine rings is 2. The highest BCUT2D eigenvalue weighted by atomic mass is 16.2. The molecule has 1 aliphatic carbocycles. The van der Waals surface area contributed by atoms with Gasteiger partial charge >= 0.3 is 0 Å². The number of H-pyrrole nitrogens is 2. The van der Waals surface area contributed by atoms with Crippen molar-refractivity contribution in [2.45, 2.75) is 42.9 Å². The Hall–Kier alpha value is -7.12. The lowest BCUT2D eigenvalue weighted by atomic mass is 9.78. The zero-order chi connectivity index (χ0) is 40.3. The van der Waals surface area contributed by atoms with Gasteiger partial charge in [-0.1, -0.05) is 49.2 Å². The van der Waals surface area contributed by atoms with Crippen LogP contribution in [0.2, 0.25) is 0 Å². The van der Waals surface area contributed by atoms with Crippen molar-refractivity contribution in [1.82, 2.24) is 55.8 Å². The normalized spacial score (nSPS) is 18.9. The maximum Gasteiger partial charge on any atom is 0.253 e. The number of rotatable bonds is 4. The van der Waals surface area contributed by atoms with Crippen LogP contribution in [0.3, 0.4) is 0 Å². The molecule has 0 bridgehead atoms. The molecule has 2 spiro atoms. The van der Waals surface area contributed by atoms with E-state index in [1.54, 1.807) is 18.6 Å². The van der Waals surface area contributed by atoms with Crippen LogP contribution in [-0.4, -0.2) is 77.9 Å². The number of benzene rings is 2. The Balaban J connectivity index is 0.000000136. The maximum absolute atomic E-state index is 12.5. The molecule has 2 fully saturated rings. The summed E-state index contributed by atoms with van der Waals surface area (Å²) in [6, 6.07) is 27.7. The van der Waals surface area contributed by atoms with Crippen molar-refractivity contribution >= 4 is 33.6 Å². The van der Waals surface area contributed by atoms with Gasteiger partial charge in [0.05, 0.1) is 44.9 Å². The number of nitrogens with one attached hydrogen (secondary N) is 5. The lowest BCUT2D eigenvalue weighted by Gasteiger charge is -2.33. The number of fused-ring (bicyclic) bond motifs is 6. The van der Waals surface area contributed by atoms with E-state index in [9.17, 15) is 9.59 Å². The average Bonchev–Trinajstić information content (AvgIpc) is 4.15. The monoisotopic (exact) mass is 791 g/mol. The summed E-state index contributed by atoms with van der Waals surface area (Å²) in [5.41, 5.74) is 10.4. The quantitative estimate of drug-likeness (QED) is 0.127. The molecule has 13 nitrogen and oxygen atoms in total. The van der Waals surface area contributed by atoms with Crippen molar-refractivity contribution in [2.75, 3.05) is 26.2 Å². The zero-order valence-electron chi connectivity index (χ0n) is 32.8. The Labute approximate surface area is 345 Å². The summed E-state index contributed by atoms with van der Waals surface area (Å²) in [6.07, 6.45) is 12.7. The van der Waals surface area contributed by atoms with E-state index in [1.165, 1.54) is 12.8 Å². The fraction of sp³-hybridized carbons (Fsp3) is 0.234. The maximum atomic E-state index is 12.5. The molecular formula is C47H41N11O2. The van der Waals surface area contributed by atoms with Crippen LogP contribution in [-0.2, 0) is 10.8 Å². The number of aromatic nitrogens is 8. The largest absolute Gasteiger partial charge is 0.356 e. The SMILES string of the molecule is O=C1NCC2(CCCC2)c2[nH]c(-c3ccnc(-c4cnc5ccccc5c4)n3)cc21.O=C1NCC2(CCNC2)c2[nH]c(-c3ccnc(-c4cnc5ccccc5c4)n3)cc21. The van der Waals surface area contributed by atoms with Crippen LogP contribution < -0.4 is 16.0 Å². The van der Waals surface area contributed by atoms with Gasteiger partial charge in [0.25, 0.3) is 11.8 Å². The van der Waals surface area contributed by atoms with Gasteiger partial charge in [-0.3, -0.25) is 19.6 Å². The highest BCUT2D eigenvalue weighted by Crippen LogP contribution is 2.44. The number of nitrogens with zero attached hydrogens (tertiary/aromatic N) is 6. The van der Waals surface area contributed by atoms with Crippen molar-refractivity contribution in [2.24, 2.45) is 0 Å². The average molecular weight is 792 g/mol. The summed E-state index contributed by atoms with van der Waals surface area (Å²) >= 11 is 0. The first-order valence-electron chi connectivity index (χ1n) is 20.6. The molecule has 3 aliphatic heterocycles. The van der Waals surface area contributed by atoms with E-state index in [-0.39, 0.29) is 22.6 Å². The fourth-order valence-electron chi connectivity index (χ4n) is 9.51. The number of hydrogen-bond acceptors (Lipinski definition) is 9. The van der Waals surface area contributed by atoms with Crippen LogP contribution in [0.4, 0.5) is 0 Å². The van der Waals surface area contributed by atoms with E-state index in [2.05, 4.69) is 51.9 Å². The highest BCUT2D eigenvalue weighted by Gasteiger charge is 2.44. The van der Waals surface area contributed by atoms with Gasteiger partial charge in [0.1, 0.15) is 0 Å². The van der Waals surface area contributed by atoms with Gasteiger partial charge in [-0.25, -0.2) is 19.9 Å². The summed E-state index contributed by atoms with van der Waals surface area (Å²) in [5.74, 6) is 1.20. The van der Waals surface area contributed by atoms with Gasteiger partial charge in [-0.15, -0.1) is 0 Å². The lowest BCUT2D eigenvalue weighted by Crippen LogP contribution is -2.48. The molecule has 6 aromatic heterocycles. The van der Waals surface area contributed by atoms with Crippen LogP contribution in [0.1, 0.15) is 64.2 Å². The number of carbonyl (C=O) groups is 2. The summed E-state index contributed by atoms with van der Waals surface area (Å²) in [4.78, 5) is 59.6. The molecule has 8 aromatic rings. The highest BCUT2D eigenvalue weighted by molar-refractivity contribution is 5.99. The van der Waals surface area contributed by atoms with Crippen molar-refractivity contribution in [1.29, 1.82) is 0 Å². The molecule has 13 heteroatoms. The van der Waals surface area contributed by atoms with Gasteiger partial charge in [-0.2, -0.15) is 0 Å². The number of amides is 2. The second-order valence-corrected chi connectivity index (χ2v) is 16.4. The van der Waals surface area contributed by atoms with Crippen LogP contribution in [0.5, 0.6) is 0 Å². The number of aromatic amines is 2. The summed E-state index contributed by atoms with van der Waals surface area (Å²) in [5, 5.41) is 11.7. The molecular weight excluding hydrogens is 751 g/mol. The first-order valence-corrected chi connectivity index (χ1v) is 20.6. The van der Waals surface area contributed by atoms with Gasteiger partial charge in [-0.05, 0) is 74.3 Å². The second kappa shape index (κ2) is 14.3. The minimum atomic E-state index is -0.0698. The minimum Gasteiger partial charge on any atom is -0.356 e. The van der Waals surface area contributed by atoms with E-state index < -0.39 is 0 Å². The second-order valence-electron chi connectivity index (χ2n) is 16.4. The molecule has 296 valence electrons. The van der Waals surface area contributed by atoms with Crippen LogP contribution in [0.25, 0.3) is 67.4 Å².